The minimum atomic E-state index is 0.725. The standard InChI is InChI=1S/C35H24N4O2/c1-2-19-36-29(14-1)28-13-4-8-23-17-18-24-10-7-21-39(35(24)38-33(23)28)41-26-11-3-9-25(22-26)27-12-5-15-30-32(27)34-31(40-30)16-6-20-37-34/h1-16,19-22H,17-18H2/p+1. The molecule has 6 heteroatoms. The maximum absolute atomic E-state index is 6.54. The summed E-state index contributed by atoms with van der Waals surface area (Å²) in [5.74, 6) is 1.63. The van der Waals surface area contributed by atoms with Crippen molar-refractivity contribution in [3.63, 3.8) is 0 Å². The van der Waals surface area contributed by atoms with Crippen molar-refractivity contribution in [3.05, 3.63) is 133 Å². The van der Waals surface area contributed by atoms with Crippen molar-refractivity contribution in [1.29, 1.82) is 0 Å². The molecule has 1 N–H and O–H groups in total. The molecule has 0 atom stereocenters. The summed E-state index contributed by atoms with van der Waals surface area (Å²) in [7, 11) is 0. The van der Waals surface area contributed by atoms with Crippen LogP contribution in [0.2, 0.25) is 0 Å². The zero-order chi connectivity index (χ0) is 27.2. The zero-order valence-electron chi connectivity index (χ0n) is 22.1. The van der Waals surface area contributed by atoms with E-state index in [4.69, 9.17) is 9.25 Å². The fourth-order valence-electron chi connectivity index (χ4n) is 5.74. The van der Waals surface area contributed by atoms with Gasteiger partial charge in [-0.1, -0.05) is 42.5 Å². The van der Waals surface area contributed by atoms with Crippen LogP contribution in [0.1, 0.15) is 11.1 Å². The molecule has 0 saturated carbocycles. The molecular formula is C35H25N4O2+. The first kappa shape index (κ1) is 23.4. The summed E-state index contributed by atoms with van der Waals surface area (Å²) >= 11 is 0. The number of nitrogens with one attached hydrogen (secondary N) is 1. The average Bonchev–Trinajstić information content (AvgIpc) is 3.29. The van der Waals surface area contributed by atoms with Crippen LogP contribution in [0, 0.1) is 0 Å². The van der Waals surface area contributed by atoms with E-state index < -0.39 is 0 Å². The van der Waals surface area contributed by atoms with Gasteiger partial charge in [-0.15, -0.1) is 0 Å². The SMILES string of the molecule is c1ccc(-c2cccc3c2Nc2c(ccc[n+]2Oc2cccc(-c4cccc5oc6cccnc6c45)c2)CC3)nc1. The van der Waals surface area contributed by atoms with E-state index in [9.17, 15) is 0 Å². The van der Waals surface area contributed by atoms with Crippen LogP contribution < -0.4 is 14.9 Å². The van der Waals surface area contributed by atoms with Crippen LogP contribution in [0.4, 0.5) is 11.5 Å². The van der Waals surface area contributed by atoms with E-state index in [2.05, 4.69) is 57.7 Å². The van der Waals surface area contributed by atoms with Crippen LogP contribution in [0.25, 0.3) is 44.5 Å². The first-order valence-electron chi connectivity index (χ1n) is 13.7. The number of para-hydroxylation sites is 1. The number of fused-ring (bicyclic) bond motifs is 5. The van der Waals surface area contributed by atoms with Gasteiger partial charge in [-0.3, -0.25) is 14.8 Å². The molecule has 0 aliphatic carbocycles. The number of benzene rings is 3. The van der Waals surface area contributed by atoms with Crippen LogP contribution in [-0.4, -0.2) is 9.97 Å². The van der Waals surface area contributed by atoms with Gasteiger partial charge in [0.25, 0.3) is 0 Å². The lowest BCUT2D eigenvalue weighted by Crippen LogP contribution is -2.42. The summed E-state index contributed by atoms with van der Waals surface area (Å²) in [6.45, 7) is 0. The van der Waals surface area contributed by atoms with Gasteiger partial charge < -0.3 is 4.42 Å². The average molecular weight is 534 g/mol. The van der Waals surface area contributed by atoms with E-state index in [1.54, 1.807) is 6.20 Å². The number of anilines is 2. The molecule has 7 aromatic rings. The largest absolute Gasteiger partial charge is 0.454 e. The number of aryl methyl sites for hydroxylation is 2. The van der Waals surface area contributed by atoms with Crippen LogP contribution >= 0.6 is 0 Å². The van der Waals surface area contributed by atoms with E-state index >= 15 is 0 Å². The van der Waals surface area contributed by atoms with Gasteiger partial charge in [-0.05, 0) is 94.9 Å². The molecule has 6 nitrogen and oxygen atoms in total. The molecule has 3 aromatic carbocycles. The van der Waals surface area contributed by atoms with E-state index in [-0.39, 0.29) is 0 Å². The van der Waals surface area contributed by atoms with Gasteiger partial charge in [0.05, 0.1) is 11.1 Å². The summed E-state index contributed by atoms with van der Waals surface area (Å²) < 4.78 is 7.90. The number of pyridine rings is 3. The van der Waals surface area contributed by atoms with Crippen LogP contribution in [0.3, 0.4) is 0 Å². The van der Waals surface area contributed by atoms with Crippen molar-refractivity contribution in [2.24, 2.45) is 0 Å². The third-order valence-corrected chi connectivity index (χ3v) is 7.64. The van der Waals surface area contributed by atoms with Gasteiger partial charge in [0.2, 0.25) is 0 Å². The van der Waals surface area contributed by atoms with Gasteiger partial charge in [0.15, 0.2) is 11.3 Å². The highest BCUT2D eigenvalue weighted by Crippen LogP contribution is 2.38. The minimum Gasteiger partial charge on any atom is -0.454 e. The van der Waals surface area contributed by atoms with Gasteiger partial charge in [0.1, 0.15) is 23.0 Å². The molecule has 0 spiro atoms. The lowest BCUT2D eigenvalue weighted by Gasteiger charge is -2.12. The third-order valence-electron chi connectivity index (χ3n) is 7.64. The predicted molar refractivity (Wildman–Crippen MR) is 160 cm³/mol. The molecule has 0 fully saturated rings. The third kappa shape index (κ3) is 4.08. The molecule has 0 amide bonds. The number of rotatable bonds is 4. The molecule has 5 heterocycles. The Morgan fingerprint density at radius 1 is 0.707 bits per heavy atom. The van der Waals surface area contributed by atoms with E-state index in [1.165, 1.54) is 11.1 Å². The van der Waals surface area contributed by atoms with Gasteiger partial charge in [0, 0.05) is 23.5 Å². The normalized spacial score (nSPS) is 12.4. The van der Waals surface area contributed by atoms with Crippen LogP contribution in [0.5, 0.6) is 5.75 Å². The van der Waals surface area contributed by atoms with E-state index in [0.717, 1.165) is 74.5 Å². The molecule has 1 aliphatic rings. The number of aromatic nitrogens is 3. The van der Waals surface area contributed by atoms with Crippen LogP contribution in [0.15, 0.2) is 126 Å². The first-order chi connectivity index (χ1) is 20.3. The number of nitrogens with zero attached hydrogens (tertiary/aromatic N) is 3. The summed E-state index contributed by atoms with van der Waals surface area (Å²) in [5.41, 5.74) is 10.0. The van der Waals surface area contributed by atoms with E-state index in [0.29, 0.717) is 0 Å². The Labute approximate surface area is 236 Å². The smallest absolute Gasteiger partial charge is 0.322 e. The van der Waals surface area contributed by atoms with E-state index in [1.807, 2.05) is 77.8 Å². The zero-order valence-corrected chi connectivity index (χ0v) is 22.1. The van der Waals surface area contributed by atoms with Crippen molar-refractivity contribution < 1.29 is 14.0 Å². The molecule has 0 saturated heterocycles. The Morgan fingerprint density at radius 2 is 1.54 bits per heavy atom. The molecular weight excluding hydrogens is 508 g/mol. The van der Waals surface area contributed by atoms with Crippen molar-refractivity contribution in [2.45, 2.75) is 12.8 Å². The second kappa shape index (κ2) is 9.61. The second-order valence-corrected chi connectivity index (χ2v) is 10.1. The lowest BCUT2D eigenvalue weighted by molar-refractivity contribution is -0.863. The highest BCUT2D eigenvalue weighted by Gasteiger charge is 2.26. The van der Waals surface area contributed by atoms with Gasteiger partial charge in [-0.25, -0.2) is 5.32 Å². The molecule has 0 bridgehead atoms. The Kier molecular flexibility index (Phi) is 5.48. The summed E-state index contributed by atoms with van der Waals surface area (Å²) in [5, 5.41) is 4.73. The molecule has 1 aliphatic heterocycles. The second-order valence-electron chi connectivity index (χ2n) is 10.1. The Balaban J connectivity index is 1.19. The lowest BCUT2D eigenvalue weighted by atomic mass is 10.0. The molecule has 196 valence electrons. The monoisotopic (exact) mass is 533 g/mol. The molecule has 0 radical (unpaired) electrons. The van der Waals surface area contributed by atoms with Gasteiger partial charge in [-0.2, -0.15) is 0 Å². The number of hydrogen-bond donors (Lipinski definition) is 1. The highest BCUT2D eigenvalue weighted by atomic mass is 16.7. The quantitative estimate of drug-likeness (QED) is 0.235. The van der Waals surface area contributed by atoms with Crippen molar-refractivity contribution in [3.8, 4) is 28.1 Å². The first-order valence-corrected chi connectivity index (χ1v) is 13.7. The van der Waals surface area contributed by atoms with Crippen molar-refractivity contribution in [2.75, 3.05) is 5.32 Å². The Hall–Kier alpha value is -5.49. The highest BCUT2D eigenvalue weighted by molar-refractivity contribution is 6.10. The molecule has 8 rings (SSSR count). The minimum absolute atomic E-state index is 0.725. The topological polar surface area (TPSA) is 64.1 Å². The predicted octanol–water partition coefficient (Wildman–Crippen LogP) is 7.68. The molecule has 0 unspecified atom stereocenters. The maximum Gasteiger partial charge on any atom is 0.322 e. The molecule has 4 aromatic heterocycles. The Morgan fingerprint density at radius 3 is 2.49 bits per heavy atom. The molecule has 41 heavy (non-hydrogen) atoms. The Bertz CT molecular complexity index is 2070. The number of furan rings is 1. The summed E-state index contributed by atoms with van der Waals surface area (Å²) in [4.78, 5) is 15.8. The van der Waals surface area contributed by atoms with Crippen LogP contribution in [-0.2, 0) is 12.8 Å². The maximum atomic E-state index is 6.54. The summed E-state index contributed by atoms with van der Waals surface area (Å²) in [6.07, 6.45) is 7.40. The number of hydrogen-bond acceptors (Lipinski definition) is 5. The fourth-order valence-corrected chi connectivity index (χ4v) is 5.74. The van der Waals surface area contributed by atoms with Crippen molar-refractivity contribution >= 4 is 33.6 Å². The van der Waals surface area contributed by atoms with Gasteiger partial charge >= 0.3 is 5.82 Å². The fraction of sp³-hybridized carbons (Fsp3) is 0.0571. The summed E-state index contributed by atoms with van der Waals surface area (Å²) in [6, 6.07) is 34.7. The van der Waals surface area contributed by atoms with Crippen molar-refractivity contribution in [1.82, 2.24) is 9.97 Å².